The van der Waals surface area contributed by atoms with Crippen LogP contribution in [0, 0.1) is 11.8 Å². The average Bonchev–Trinajstić information content (AvgIpc) is 3.59. The zero-order chi connectivity index (χ0) is 23.2. The Bertz CT molecular complexity index is 873. The van der Waals surface area contributed by atoms with Crippen molar-refractivity contribution in [1.82, 2.24) is 14.5 Å². The summed E-state index contributed by atoms with van der Waals surface area (Å²) in [6, 6.07) is 0. The number of allylic oxidation sites excluding steroid dienone is 1. The molecule has 6 atom stereocenters. The number of imidazole rings is 1. The minimum Gasteiger partial charge on any atom is -0.443 e. The molecule has 4 aliphatic rings. The van der Waals surface area contributed by atoms with E-state index in [0.717, 1.165) is 51.9 Å². The highest BCUT2D eigenvalue weighted by molar-refractivity contribution is 5.69. The summed E-state index contributed by atoms with van der Waals surface area (Å²) in [5.74, 6) is 0.562. The van der Waals surface area contributed by atoms with Crippen molar-refractivity contribution >= 4 is 6.09 Å². The van der Waals surface area contributed by atoms with Gasteiger partial charge in [-0.15, -0.1) is 0 Å². The molecule has 1 saturated carbocycles. The second-order valence-corrected chi connectivity index (χ2v) is 10.7. The van der Waals surface area contributed by atoms with E-state index >= 15 is 0 Å². The molecule has 33 heavy (non-hydrogen) atoms. The summed E-state index contributed by atoms with van der Waals surface area (Å²) in [5, 5.41) is 0. The lowest BCUT2D eigenvalue weighted by Crippen LogP contribution is -2.57. The van der Waals surface area contributed by atoms with Gasteiger partial charge in [-0.05, 0) is 52.4 Å². The average molecular weight is 460 g/mol. The highest BCUT2D eigenvalue weighted by Gasteiger charge is 2.72. The second kappa shape index (κ2) is 8.71. The Morgan fingerprint density at radius 3 is 2.76 bits per heavy atom. The number of hydrogen-bond donors (Lipinski definition) is 0. The largest absolute Gasteiger partial charge is 0.443 e. The Morgan fingerprint density at radius 2 is 2.12 bits per heavy atom. The van der Waals surface area contributed by atoms with Gasteiger partial charge in [-0.2, -0.15) is 0 Å². The number of methoxy groups -OCH3 is 1. The lowest BCUT2D eigenvalue weighted by molar-refractivity contribution is -0.124. The third-order valence-corrected chi connectivity index (χ3v) is 8.06. The van der Waals surface area contributed by atoms with Crippen molar-refractivity contribution in [3.8, 4) is 0 Å². The van der Waals surface area contributed by atoms with E-state index in [4.69, 9.17) is 18.9 Å². The topological polar surface area (TPSA) is 81.7 Å². The van der Waals surface area contributed by atoms with Crippen LogP contribution in [0.25, 0.3) is 0 Å². The van der Waals surface area contributed by atoms with E-state index in [1.807, 2.05) is 17.4 Å². The summed E-state index contributed by atoms with van der Waals surface area (Å²) in [7, 11) is 1.71. The zero-order valence-corrected chi connectivity index (χ0v) is 20.2. The smallest absolute Gasteiger partial charge is 0.410 e. The summed E-state index contributed by atoms with van der Waals surface area (Å²) >= 11 is 0. The fourth-order valence-electron chi connectivity index (χ4n) is 5.93. The lowest BCUT2D eigenvalue weighted by Gasteiger charge is -2.44. The highest BCUT2D eigenvalue weighted by Crippen LogP contribution is 2.59. The molecule has 0 bridgehead atoms. The van der Waals surface area contributed by atoms with Crippen LogP contribution in [0.5, 0.6) is 0 Å². The van der Waals surface area contributed by atoms with E-state index in [9.17, 15) is 4.79 Å². The van der Waals surface area contributed by atoms with Crippen LogP contribution in [-0.2, 0) is 25.5 Å². The molecule has 4 fully saturated rings. The van der Waals surface area contributed by atoms with Gasteiger partial charge in [0.25, 0.3) is 0 Å². The van der Waals surface area contributed by atoms with Crippen molar-refractivity contribution in [2.75, 3.05) is 26.8 Å². The number of carbonyl (C=O) groups is 1. The van der Waals surface area contributed by atoms with Crippen molar-refractivity contribution in [3.05, 3.63) is 30.4 Å². The molecule has 4 unspecified atom stereocenters. The van der Waals surface area contributed by atoms with Crippen LogP contribution in [0.15, 0.2) is 30.4 Å². The fraction of sp³-hybridized carbons (Fsp3) is 0.760. The van der Waals surface area contributed by atoms with Gasteiger partial charge in [0.1, 0.15) is 23.4 Å². The third-order valence-electron chi connectivity index (χ3n) is 8.06. The van der Waals surface area contributed by atoms with Crippen molar-refractivity contribution in [2.45, 2.75) is 82.5 Å². The van der Waals surface area contributed by atoms with E-state index < -0.39 is 0 Å². The number of amides is 1. The van der Waals surface area contributed by atoms with Gasteiger partial charge in [-0.1, -0.05) is 11.6 Å². The van der Waals surface area contributed by atoms with E-state index in [1.54, 1.807) is 13.3 Å². The van der Waals surface area contributed by atoms with Crippen molar-refractivity contribution in [1.29, 1.82) is 0 Å². The first kappa shape index (κ1) is 22.9. The van der Waals surface area contributed by atoms with Crippen LogP contribution >= 0.6 is 0 Å². The van der Waals surface area contributed by atoms with Gasteiger partial charge in [0.2, 0.25) is 0 Å². The van der Waals surface area contributed by atoms with E-state index in [1.165, 1.54) is 5.57 Å². The SMILES string of the molecule is COC1C(OC(=O)N2CC(CCn3ccnc3)C2)CCC2(CO2)C1[C@@]1(C)O[C@@H]1CC=C(C)C. The van der Waals surface area contributed by atoms with Crippen molar-refractivity contribution in [3.63, 3.8) is 0 Å². The quantitative estimate of drug-likeness (QED) is 0.438. The number of aryl methyl sites for hydroxylation is 1. The number of hydrogen-bond acceptors (Lipinski definition) is 6. The normalized spacial score (nSPS) is 37.5. The maximum absolute atomic E-state index is 12.9. The minimum absolute atomic E-state index is 0.0523. The maximum atomic E-state index is 12.9. The molecule has 1 aromatic heterocycles. The first-order valence-corrected chi connectivity index (χ1v) is 12.2. The van der Waals surface area contributed by atoms with Gasteiger partial charge in [0.15, 0.2) is 0 Å². The number of rotatable bonds is 8. The van der Waals surface area contributed by atoms with Crippen LogP contribution in [0.1, 0.15) is 46.5 Å². The predicted molar refractivity (Wildman–Crippen MR) is 122 cm³/mol. The predicted octanol–water partition coefficient (Wildman–Crippen LogP) is 3.42. The van der Waals surface area contributed by atoms with E-state index in [-0.39, 0.29) is 41.5 Å². The van der Waals surface area contributed by atoms with Crippen LogP contribution < -0.4 is 0 Å². The molecule has 182 valence electrons. The molecule has 1 aliphatic carbocycles. The molecular weight excluding hydrogens is 422 g/mol. The highest BCUT2D eigenvalue weighted by atomic mass is 16.6. The van der Waals surface area contributed by atoms with E-state index in [2.05, 4.69) is 36.4 Å². The molecule has 0 aromatic carbocycles. The number of epoxide rings is 2. The molecule has 1 aromatic rings. The molecule has 5 rings (SSSR count). The Kier molecular flexibility index (Phi) is 6.04. The van der Waals surface area contributed by atoms with Crippen LogP contribution in [0.3, 0.4) is 0 Å². The van der Waals surface area contributed by atoms with Gasteiger partial charge in [0, 0.05) is 39.1 Å². The molecule has 1 amide bonds. The fourth-order valence-corrected chi connectivity index (χ4v) is 5.93. The number of ether oxygens (including phenoxy) is 4. The van der Waals surface area contributed by atoms with Gasteiger partial charge in [-0.3, -0.25) is 0 Å². The molecule has 0 radical (unpaired) electrons. The first-order valence-electron chi connectivity index (χ1n) is 12.2. The summed E-state index contributed by atoms with van der Waals surface area (Å²) in [6.07, 6.45) is 10.8. The Hall–Kier alpha value is -1.90. The first-order chi connectivity index (χ1) is 15.8. The monoisotopic (exact) mass is 459 g/mol. The summed E-state index contributed by atoms with van der Waals surface area (Å²) in [6.45, 7) is 9.55. The summed E-state index contributed by atoms with van der Waals surface area (Å²) < 4.78 is 26.3. The molecule has 1 spiro atoms. The van der Waals surface area contributed by atoms with Crippen LogP contribution in [0.4, 0.5) is 4.79 Å². The van der Waals surface area contributed by atoms with Crippen LogP contribution in [-0.4, -0.2) is 76.9 Å². The third kappa shape index (κ3) is 4.45. The second-order valence-electron chi connectivity index (χ2n) is 10.7. The summed E-state index contributed by atoms with van der Waals surface area (Å²) in [4.78, 5) is 18.8. The van der Waals surface area contributed by atoms with Gasteiger partial charge < -0.3 is 28.4 Å². The number of aromatic nitrogens is 2. The van der Waals surface area contributed by atoms with Gasteiger partial charge in [0.05, 0.1) is 25.0 Å². The Balaban J connectivity index is 1.17. The number of likely N-dealkylation sites (tertiary alicyclic amines) is 1. The molecule has 0 N–H and O–H groups in total. The molecule has 3 saturated heterocycles. The molecule has 8 nitrogen and oxygen atoms in total. The number of nitrogens with zero attached hydrogens (tertiary/aromatic N) is 3. The molecule has 3 aliphatic heterocycles. The van der Waals surface area contributed by atoms with Crippen molar-refractivity contribution < 1.29 is 23.7 Å². The van der Waals surface area contributed by atoms with E-state index in [0.29, 0.717) is 5.92 Å². The Morgan fingerprint density at radius 1 is 1.33 bits per heavy atom. The lowest BCUT2D eigenvalue weighted by atomic mass is 9.68. The maximum Gasteiger partial charge on any atom is 0.410 e. The Labute approximate surface area is 196 Å². The minimum atomic E-state index is -0.316. The van der Waals surface area contributed by atoms with Crippen LogP contribution in [0.2, 0.25) is 0 Å². The zero-order valence-electron chi connectivity index (χ0n) is 20.2. The van der Waals surface area contributed by atoms with Gasteiger partial charge >= 0.3 is 6.09 Å². The van der Waals surface area contributed by atoms with Gasteiger partial charge in [-0.25, -0.2) is 9.78 Å². The number of carbonyl (C=O) groups excluding carboxylic acids is 1. The molecule has 8 heteroatoms. The molecule has 4 heterocycles. The van der Waals surface area contributed by atoms with Crippen molar-refractivity contribution in [2.24, 2.45) is 11.8 Å². The standard InChI is InChI=1S/C25H37N3O5/c1-17(2)5-6-20-24(3,33-20)22-21(30-4)19(7-9-25(22)15-31-25)32-23(29)28-13-18(14-28)8-11-27-12-10-26-16-27/h5,10,12,16,18-22H,6-9,11,13-15H2,1-4H3/t19?,20-,21?,22?,24+,25?/m1/s1. The molecular formula is C25H37N3O5. The summed E-state index contributed by atoms with van der Waals surface area (Å²) in [5.41, 5.74) is 0.776.